The van der Waals surface area contributed by atoms with Crippen LogP contribution in [0.3, 0.4) is 0 Å². The number of esters is 1. The van der Waals surface area contributed by atoms with Crippen molar-refractivity contribution in [2.75, 3.05) is 13.7 Å². The summed E-state index contributed by atoms with van der Waals surface area (Å²) in [5.41, 5.74) is 0. The summed E-state index contributed by atoms with van der Waals surface area (Å²) in [6.07, 6.45) is -1.15. The topological polar surface area (TPSA) is 66.8 Å². The lowest BCUT2D eigenvalue weighted by molar-refractivity contribution is -0.151. The van der Waals surface area contributed by atoms with E-state index < -0.39 is 12.1 Å². The Morgan fingerprint density at radius 3 is 2.67 bits per heavy atom. The minimum Gasteiger partial charge on any atom is -0.467 e. The van der Waals surface area contributed by atoms with Crippen molar-refractivity contribution in [1.82, 2.24) is 0 Å². The molecule has 0 amide bonds. The zero-order valence-electron chi connectivity index (χ0n) is 5.20. The Morgan fingerprint density at radius 2 is 2.33 bits per heavy atom. The van der Waals surface area contributed by atoms with E-state index in [9.17, 15) is 4.79 Å². The van der Waals surface area contributed by atoms with Crippen LogP contribution < -0.4 is 0 Å². The summed E-state index contributed by atoms with van der Waals surface area (Å²) >= 11 is 0. The predicted molar refractivity (Wildman–Crippen MR) is 29.7 cm³/mol. The normalized spacial score (nSPS) is 12.8. The lowest BCUT2D eigenvalue weighted by Crippen LogP contribution is -2.22. The average molecular weight is 134 g/mol. The van der Waals surface area contributed by atoms with Crippen LogP contribution in [0, 0.1) is 0 Å². The Balaban J connectivity index is 3.45. The first kappa shape index (κ1) is 8.39. The zero-order chi connectivity index (χ0) is 7.28. The van der Waals surface area contributed by atoms with Crippen molar-refractivity contribution in [1.29, 1.82) is 0 Å². The molecule has 9 heavy (non-hydrogen) atoms. The van der Waals surface area contributed by atoms with Crippen LogP contribution in [0.2, 0.25) is 0 Å². The molecule has 0 saturated heterocycles. The molecule has 0 unspecified atom stereocenters. The van der Waals surface area contributed by atoms with Crippen LogP contribution in [0.1, 0.15) is 6.42 Å². The van der Waals surface area contributed by atoms with Crippen LogP contribution in [0.25, 0.3) is 0 Å². The molecule has 0 aromatic heterocycles. The van der Waals surface area contributed by atoms with Gasteiger partial charge in [-0.25, -0.2) is 4.79 Å². The van der Waals surface area contributed by atoms with E-state index in [2.05, 4.69) is 4.74 Å². The molecule has 54 valence electrons. The molecule has 4 heteroatoms. The van der Waals surface area contributed by atoms with E-state index in [-0.39, 0.29) is 13.0 Å². The molecule has 0 aromatic carbocycles. The molecule has 2 N–H and O–H groups in total. The van der Waals surface area contributed by atoms with Gasteiger partial charge < -0.3 is 14.9 Å². The van der Waals surface area contributed by atoms with Crippen LogP contribution in [-0.4, -0.2) is 36.0 Å². The monoisotopic (exact) mass is 134 g/mol. The molecule has 0 aliphatic rings. The van der Waals surface area contributed by atoms with Crippen LogP contribution in [0.15, 0.2) is 0 Å². The second kappa shape index (κ2) is 4.29. The standard InChI is InChI=1S/C5H10O4/c1-9-5(8)4(7)2-3-6/h4,6-7H,2-3H2,1H3/t4-/m0/s1. The van der Waals surface area contributed by atoms with Gasteiger partial charge in [-0.1, -0.05) is 0 Å². The third-order valence-corrected chi connectivity index (χ3v) is 0.876. The van der Waals surface area contributed by atoms with Gasteiger partial charge in [0.05, 0.1) is 7.11 Å². The number of aliphatic hydroxyl groups excluding tert-OH is 2. The third-order valence-electron chi connectivity index (χ3n) is 0.876. The molecule has 0 saturated carbocycles. The quantitative estimate of drug-likeness (QED) is 0.481. The molecule has 1 atom stereocenters. The van der Waals surface area contributed by atoms with Crippen LogP contribution >= 0.6 is 0 Å². The highest BCUT2D eigenvalue weighted by Gasteiger charge is 2.12. The minimum atomic E-state index is -1.18. The lowest BCUT2D eigenvalue weighted by Gasteiger charge is -2.03. The first-order valence-electron chi connectivity index (χ1n) is 2.59. The maximum absolute atomic E-state index is 10.3. The van der Waals surface area contributed by atoms with E-state index in [1.807, 2.05) is 0 Å². The number of carbonyl (C=O) groups is 1. The second-order valence-electron chi connectivity index (χ2n) is 1.55. The Labute approximate surface area is 53.1 Å². The Bertz CT molecular complexity index is 91.0. The van der Waals surface area contributed by atoms with Gasteiger partial charge in [0.1, 0.15) is 0 Å². The smallest absolute Gasteiger partial charge is 0.334 e. The third kappa shape index (κ3) is 3.05. The zero-order valence-corrected chi connectivity index (χ0v) is 5.20. The van der Waals surface area contributed by atoms with E-state index >= 15 is 0 Å². The van der Waals surface area contributed by atoms with Crippen molar-refractivity contribution < 1.29 is 19.7 Å². The molecule has 0 fully saturated rings. The SMILES string of the molecule is COC(=O)[C@@H](O)CCO. The summed E-state index contributed by atoms with van der Waals surface area (Å²) in [6.45, 7) is -0.212. The van der Waals surface area contributed by atoms with Crippen LogP contribution in [-0.2, 0) is 9.53 Å². The highest BCUT2D eigenvalue weighted by atomic mass is 16.5. The summed E-state index contributed by atoms with van der Waals surface area (Å²) < 4.78 is 4.16. The fraction of sp³-hybridized carbons (Fsp3) is 0.800. The van der Waals surface area contributed by atoms with E-state index in [4.69, 9.17) is 10.2 Å². The number of aliphatic hydroxyl groups is 2. The molecule has 0 heterocycles. The molecule has 0 spiro atoms. The minimum absolute atomic E-state index is 0.0344. The molecule has 0 aliphatic heterocycles. The maximum atomic E-state index is 10.3. The van der Waals surface area contributed by atoms with Crippen molar-refractivity contribution in [2.45, 2.75) is 12.5 Å². The number of hydrogen-bond donors (Lipinski definition) is 2. The van der Waals surface area contributed by atoms with Crippen LogP contribution in [0.5, 0.6) is 0 Å². The Hall–Kier alpha value is -0.610. The second-order valence-corrected chi connectivity index (χ2v) is 1.55. The van der Waals surface area contributed by atoms with Crippen molar-refractivity contribution in [3.63, 3.8) is 0 Å². The summed E-state index contributed by atoms with van der Waals surface area (Å²) in [4.78, 5) is 10.3. The van der Waals surface area contributed by atoms with Crippen LogP contribution in [0.4, 0.5) is 0 Å². The maximum Gasteiger partial charge on any atom is 0.334 e. The molecule has 4 nitrogen and oxygen atoms in total. The molecule has 0 radical (unpaired) electrons. The fourth-order valence-electron chi connectivity index (χ4n) is 0.376. The van der Waals surface area contributed by atoms with Gasteiger partial charge in [-0.2, -0.15) is 0 Å². The van der Waals surface area contributed by atoms with E-state index in [1.54, 1.807) is 0 Å². The number of carbonyl (C=O) groups excluding carboxylic acids is 1. The highest BCUT2D eigenvalue weighted by molar-refractivity contribution is 5.74. The largest absolute Gasteiger partial charge is 0.467 e. The molecule has 0 aromatic rings. The molecule has 0 rings (SSSR count). The lowest BCUT2D eigenvalue weighted by atomic mass is 10.3. The first-order valence-corrected chi connectivity index (χ1v) is 2.59. The number of rotatable bonds is 3. The Morgan fingerprint density at radius 1 is 1.78 bits per heavy atom. The van der Waals surface area contributed by atoms with Crippen molar-refractivity contribution >= 4 is 5.97 Å². The van der Waals surface area contributed by atoms with Gasteiger partial charge in [0.2, 0.25) is 0 Å². The molecular formula is C5H10O4. The van der Waals surface area contributed by atoms with E-state index in [1.165, 1.54) is 7.11 Å². The van der Waals surface area contributed by atoms with Gasteiger partial charge in [0, 0.05) is 13.0 Å². The number of methoxy groups -OCH3 is 1. The van der Waals surface area contributed by atoms with E-state index in [0.717, 1.165) is 0 Å². The summed E-state index contributed by atoms with van der Waals surface area (Å²) in [5.74, 6) is -0.705. The average Bonchev–Trinajstić information content (AvgIpc) is 1.87. The molecule has 0 aliphatic carbocycles. The predicted octanol–water partition coefficient (Wildman–Crippen LogP) is -1.10. The molecule has 0 bridgehead atoms. The molecular weight excluding hydrogens is 124 g/mol. The van der Waals surface area contributed by atoms with Gasteiger partial charge in [0.25, 0.3) is 0 Å². The number of ether oxygens (including phenoxy) is 1. The fourth-order valence-corrected chi connectivity index (χ4v) is 0.376. The van der Waals surface area contributed by atoms with E-state index in [0.29, 0.717) is 0 Å². The summed E-state index contributed by atoms with van der Waals surface area (Å²) in [5, 5.41) is 16.9. The Kier molecular flexibility index (Phi) is 4.00. The van der Waals surface area contributed by atoms with Gasteiger partial charge in [-0.15, -0.1) is 0 Å². The van der Waals surface area contributed by atoms with Crippen molar-refractivity contribution in [3.8, 4) is 0 Å². The van der Waals surface area contributed by atoms with Gasteiger partial charge >= 0.3 is 5.97 Å². The summed E-state index contributed by atoms with van der Waals surface area (Å²) in [7, 11) is 1.18. The van der Waals surface area contributed by atoms with Crippen molar-refractivity contribution in [2.24, 2.45) is 0 Å². The van der Waals surface area contributed by atoms with Gasteiger partial charge in [-0.05, 0) is 0 Å². The van der Waals surface area contributed by atoms with Gasteiger partial charge in [-0.3, -0.25) is 0 Å². The summed E-state index contributed by atoms with van der Waals surface area (Å²) in [6, 6.07) is 0. The van der Waals surface area contributed by atoms with Crippen molar-refractivity contribution in [3.05, 3.63) is 0 Å². The highest BCUT2D eigenvalue weighted by Crippen LogP contribution is 1.91. The first-order chi connectivity index (χ1) is 4.22. The number of hydrogen-bond acceptors (Lipinski definition) is 4. The van der Waals surface area contributed by atoms with Gasteiger partial charge in [0.15, 0.2) is 6.10 Å².